The van der Waals surface area contributed by atoms with Gasteiger partial charge in [0, 0.05) is 18.8 Å². The van der Waals surface area contributed by atoms with Crippen LogP contribution in [-0.4, -0.2) is 28.0 Å². The van der Waals surface area contributed by atoms with Gasteiger partial charge in [-0.2, -0.15) is 0 Å². The molecule has 0 unspecified atom stereocenters. The predicted octanol–water partition coefficient (Wildman–Crippen LogP) is 1.77. The Morgan fingerprint density at radius 3 is 2.63 bits per heavy atom. The van der Waals surface area contributed by atoms with Gasteiger partial charge < -0.3 is 10.4 Å². The molecule has 104 valence electrons. The van der Waals surface area contributed by atoms with Crippen LogP contribution in [0.3, 0.4) is 0 Å². The summed E-state index contributed by atoms with van der Waals surface area (Å²) < 4.78 is 0. The van der Waals surface area contributed by atoms with Crippen molar-refractivity contribution in [3.05, 3.63) is 30.1 Å². The molecule has 0 saturated carbocycles. The summed E-state index contributed by atoms with van der Waals surface area (Å²) in [6, 6.07) is 2.92. The van der Waals surface area contributed by atoms with E-state index in [0.717, 1.165) is 18.4 Å². The molecule has 0 fully saturated rings. The highest BCUT2D eigenvalue weighted by atomic mass is 16.4. The van der Waals surface area contributed by atoms with Crippen molar-refractivity contribution in [1.82, 2.24) is 10.3 Å². The molecule has 5 heteroatoms. The first-order chi connectivity index (χ1) is 9.13. The number of aliphatic carboxylic acids is 1. The Hall–Kier alpha value is -1.91. The molecular formula is C14H20N2O3. The molecule has 0 aromatic carbocycles. The largest absolute Gasteiger partial charge is 0.480 e. The zero-order valence-corrected chi connectivity index (χ0v) is 11.1. The molecule has 0 aliphatic heterocycles. The fourth-order valence-corrected chi connectivity index (χ4v) is 1.74. The molecule has 1 aromatic heterocycles. The minimum absolute atomic E-state index is 0.222. The summed E-state index contributed by atoms with van der Waals surface area (Å²) in [5, 5.41) is 11.6. The van der Waals surface area contributed by atoms with Crippen molar-refractivity contribution in [3.63, 3.8) is 0 Å². The minimum Gasteiger partial charge on any atom is -0.480 e. The third kappa shape index (κ3) is 5.99. The second-order valence-corrected chi connectivity index (χ2v) is 4.46. The lowest BCUT2D eigenvalue weighted by Crippen LogP contribution is -2.40. The van der Waals surface area contributed by atoms with E-state index in [1.165, 1.54) is 0 Å². The number of nitrogens with zero attached hydrogens (tertiary/aromatic N) is 1. The number of nitrogens with one attached hydrogen (secondary N) is 1. The lowest BCUT2D eigenvalue weighted by atomic mass is 10.1. The van der Waals surface area contributed by atoms with E-state index in [0.29, 0.717) is 19.3 Å². The van der Waals surface area contributed by atoms with Crippen LogP contribution in [0.4, 0.5) is 0 Å². The van der Waals surface area contributed by atoms with Crippen molar-refractivity contribution >= 4 is 11.9 Å². The molecule has 0 saturated heterocycles. The highest BCUT2D eigenvalue weighted by Gasteiger charge is 2.18. The smallest absolute Gasteiger partial charge is 0.326 e. The number of carboxylic acid groups (broad SMARTS) is 1. The summed E-state index contributed by atoms with van der Waals surface area (Å²) in [7, 11) is 0. The molecule has 2 N–H and O–H groups in total. The Bertz CT molecular complexity index is 406. The number of hydrogen-bond donors (Lipinski definition) is 2. The lowest BCUT2D eigenvalue weighted by Gasteiger charge is -2.13. The normalized spacial score (nSPS) is 11.8. The number of aromatic nitrogens is 1. The Balaban J connectivity index is 2.38. The third-order valence-electron chi connectivity index (χ3n) is 2.87. The van der Waals surface area contributed by atoms with E-state index in [-0.39, 0.29) is 5.91 Å². The zero-order chi connectivity index (χ0) is 14.1. The number of rotatable bonds is 8. The molecule has 0 radical (unpaired) electrons. The SMILES string of the molecule is CCCC[C@H](NC(=O)CCc1ccncc1)C(=O)O. The van der Waals surface area contributed by atoms with Crippen molar-refractivity contribution in [2.45, 2.75) is 45.1 Å². The van der Waals surface area contributed by atoms with E-state index in [1.54, 1.807) is 12.4 Å². The number of carboxylic acids is 1. The monoisotopic (exact) mass is 264 g/mol. The Kier molecular flexibility index (Phi) is 6.57. The second-order valence-electron chi connectivity index (χ2n) is 4.46. The number of amides is 1. The van der Waals surface area contributed by atoms with Crippen LogP contribution >= 0.6 is 0 Å². The molecule has 0 spiro atoms. The van der Waals surface area contributed by atoms with Crippen LogP contribution in [0.2, 0.25) is 0 Å². The van der Waals surface area contributed by atoms with Crippen LogP contribution in [-0.2, 0) is 16.0 Å². The van der Waals surface area contributed by atoms with Crippen molar-refractivity contribution < 1.29 is 14.7 Å². The van der Waals surface area contributed by atoms with Gasteiger partial charge in [-0.1, -0.05) is 19.8 Å². The maximum atomic E-state index is 11.7. The van der Waals surface area contributed by atoms with Gasteiger partial charge >= 0.3 is 5.97 Å². The van der Waals surface area contributed by atoms with E-state index in [2.05, 4.69) is 10.3 Å². The van der Waals surface area contributed by atoms with Gasteiger partial charge in [0.25, 0.3) is 0 Å². The third-order valence-corrected chi connectivity index (χ3v) is 2.87. The molecule has 19 heavy (non-hydrogen) atoms. The average Bonchev–Trinajstić information content (AvgIpc) is 2.42. The van der Waals surface area contributed by atoms with Crippen LogP contribution in [0.15, 0.2) is 24.5 Å². The molecule has 5 nitrogen and oxygen atoms in total. The highest BCUT2D eigenvalue weighted by Crippen LogP contribution is 2.04. The number of hydrogen-bond acceptors (Lipinski definition) is 3. The summed E-state index contributed by atoms with van der Waals surface area (Å²) >= 11 is 0. The van der Waals surface area contributed by atoms with E-state index in [1.807, 2.05) is 19.1 Å². The van der Waals surface area contributed by atoms with Crippen LogP contribution in [0.1, 0.15) is 38.2 Å². The second kappa shape index (κ2) is 8.24. The lowest BCUT2D eigenvalue weighted by molar-refractivity contribution is -0.142. The Morgan fingerprint density at radius 1 is 1.37 bits per heavy atom. The average molecular weight is 264 g/mol. The van der Waals surface area contributed by atoms with Gasteiger partial charge in [0.05, 0.1) is 0 Å². The zero-order valence-electron chi connectivity index (χ0n) is 11.1. The van der Waals surface area contributed by atoms with Gasteiger partial charge in [-0.25, -0.2) is 4.79 Å². The van der Waals surface area contributed by atoms with Gasteiger partial charge in [0.15, 0.2) is 0 Å². The van der Waals surface area contributed by atoms with E-state index < -0.39 is 12.0 Å². The molecule has 1 aromatic rings. The van der Waals surface area contributed by atoms with Gasteiger partial charge in [0.2, 0.25) is 5.91 Å². The first kappa shape index (κ1) is 15.1. The van der Waals surface area contributed by atoms with Crippen LogP contribution in [0, 0.1) is 0 Å². The molecule has 1 heterocycles. The first-order valence-corrected chi connectivity index (χ1v) is 6.54. The highest BCUT2D eigenvalue weighted by molar-refractivity contribution is 5.83. The minimum atomic E-state index is -0.967. The topological polar surface area (TPSA) is 79.3 Å². The van der Waals surface area contributed by atoms with Crippen molar-refractivity contribution in [2.75, 3.05) is 0 Å². The quantitative estimate of drug-likeness (QED) is 0.750. The summed E-state index contributed by atoms with van der Waals surface area (Å²) in [5.74, 6) is -1.19. The van der Waals surface area contributed by atoms with E-state index in [9.17, 15) is 9.59 Å². The molecule has 0 aliphatic rings. The molecule has 1 atom stereocenters. The van der Waals surface area contributed by atoms with Gasteiger partial charge in [-0.05, 0) is 30.5 Å². The summed E-state index contributed by atoms with van der Waals surface area (Å²) in [6.07, 6.45) is 6.42. The van der Waals surface area contributed by atoms with Crippen molar-refractivity contribution in [3.8, 4) is 0 Å². The van der Waals surface area contributed by atoms with Crippen molar-refractivity contribution in [2.24, 2.45) is 0 Å². The summed E-state index contributed by atoms with van der Waals surface area (Å²) in [6.45, 7) is 1.99. The molecule has 1 rings (SSSR count). The van der Waals surface area contributed by atoms with E-state index in [4.69, 9.17) is 5.11 Å². The standard InChI is InChI=1S/C14H20N2O3/c1-2-3-4-12(14(18)19)16-13(17)6-5-11-7-9-15-10-8-11/h7-10,12H,2-6H2,1H3,(H,16,17)(H,18,19)/t12-/m0/s1. The maximum Gasteiger partial charge on any atom is 0.326 e. The van der Waals surface area contributed by atoms with Crippen LogP contribution < -0.4 is 5.32 Å². The molecule has 1 amide bonds. The van der Waals surface area contributed by atoms with Crippen LogP contribution in [0.25, 0.3) is 0 Å². The fourth-order valence-electron chi connectivity index (χ4n) is 1.74. The maximum absolute atomic E-state index is 11.7. The van der Waals surface area contributed by atoms with Crippen molar-refractivity contribution in [1.29, 1.82) is 0 Å². The van der Waals surface area contributed by atoms with Gasteiger partial charge in [-0.15, -0.1) is 0 Å². The number of carbonyl (C=O) groups excluding carboxylic acids is 1. The predicted molar refractivity (Wildman–Crippen MR) is 71.6 cm³/mol. The number of pyridine rings is 1. The Labute approximate surface area is 113 Å². The number of unbranched alkanes of at least 4 members (excludes halogenated alkanes) is 1. The van der Waals surface area contributed by atoms with Gasteiger partial charge in [0.1, 0.15) is 6.04 Å². The fraction of sp³-hybridized carbons (Fsp3) is 0.500. The summed E-state index contributed by atoms with van der Waals surface area (Å²) in [5.41, 5.74) is 1.02. The van der Waals surface area contributed by atoms with Crippen LogP contribution in [0.5, 0.6) is 0 Å². The first-order valence-electron chi connectivity index (χ1n) is 6.54. The molecule has 0 aliphatic carbocycles. The number of carbonyl (C=O) groups is 2. The molecule has 0 bridgehead atoms. The van der Waals surface area contributed by atoms with E-state index >= 15 is 0 Å². The molecular weight excluding hydrogens is 244 g/mol. The summed E-state index contributed by atoms with van der Waals surface area (Å²) in [4.78, 5) is 26.6. The number of aryl methyl sites for hydroxylation is 1. The van der Waals surface area contributed by atoms with Gasteiger partial charge in [-0.3, -0.25) is 9.78 Å². The Morgan fingerprint density at radius 2 is 2.05 bits per heavy atom.